The molecule has 1 aromatic heterocycles. The van der Waals surface area contributed by atoms with E-state index in [9.17, 15) is 8.78 Å². The van der Waals surface area contributed by atoms with Gasteiger partial charge in [0.25, 0.3) is 0 Å². The number of aromatic nitrogens is 1. The Morgan fingerprint density at radius 2 is 1.95 bits per heavy atom. The van der Waals surface area contributed by atoms with E-state index in [1.165, 1.54) is 11.3 Å². The molecule has 6 heteroatoms. The lowest BCUT2D eigenvalue weighted by molar-refractivity contribution is 0.595. The Bertz CT molecular complexity index is 770. The molecular weight excluding hydrogens is 358 g/mol. The van der Waals surface area contributed by atoms with Gasteiger partial charge in [0, 0.05) is 6.07 Å². The second kappa shape index (κ2) is 5.69. The van der Waals surface area contributed by atoms with Crippen molar-refractivity contribution in [2.75, 3.05) is 5.32 Å². The molecule has 2 nitrogen and oxygen atoms in total. The molecule has 0 saturated heterocycles. The largest absolute Gasteiger partial charge is 0.374 e. The number of nitrogens with one attached hydrogen (secondary N) is 1. The van der Waals surface area contributed by atoms with E-state index in [-0.39, 0.29) is 16.2 Å². The topological polar surface area (TPSA) is 24.9 Å². The molecule has 0 spiro atoms. The van der Waals surface area contributed by atoms with Gasteiger partial charge in [0.2, 0.25) is 0 Å². The van der Waals surface area contributed by atoms with Crippen LogP contribution in [0.15, 0.2) is 40.9 Å². The first-order valence-corrected chi connectivity index (χ1v) is 7.92. The zero-order valence-electron chi connectivity index (χ0n) is 11.0. The van der Waals surface area contributed by atoms with Crippen molar-refractivity contribution in [2.24, 2.45) is 0 Å². The van der Waals surface area contributed by atoms with Crippen LogP contribution >= 0.6 is 27.3 Å². The molecule has 0 amide bonds. The van der Waals surface area contributed by atoms with Gasteiger partial charge in [0.15, 0.2) is 0 Å². The molecule has 3 rings (SSSR count). The van der Waals surface area contributed by atoms with E-state index < -0.39 is 11.6 Å². The van der Waals surface area contributed by atoms with E-state index >= 15 is 0 Å². The van der Waals surface area contributed by atoms with Gasteiger partial charge >= 0.3 is 0 Å². The van der Waals surface area contributed by atoms with Gasteiger partial charge in [-0.2, -0.15) is 0 Å². The highest BCUT2D eigenvalue weighted by Crippen LogP contribution is 2.30. The number of halogens is 3. The van der Waals surface area contributed by atoms with Crippen LogP contribution in [0.3, 0.4) is 0 Å². The second-order valence-electron chi connectivity index (χ2n) is 4.63. The minimum Gasteiger partial charge on any atom is -0.374 e. The van der Waals surface area contributed by atoms with Crippen LogP contribution in [-0.2, 0) is 0 Å². The summed E-state index contributed by atoms with van der Waals surface area (Å²) in [5.74, 6) is -1.01. The Hall–Kier alpha value is -1.53. The van der Waals surface area contributed by atoms with Crippen molar-refractivity contribution in [1.82, 2.24) is 4.98 Å². The number of hydrogen-bond acceptors (Lipinski definition) is 3. The molecule has 0 aliphatic rings. The van der Waals surface area contributed by atoms with Crippen molar-refractivity contribution >= 4 is 43.2 Å². The van der Waals surface area contributed by atoms with Gasteiger partial charge in [0.05, 0.1) is 26.4 Å². The van der Waals surface area contributed by atoms with Crippen LogP contribution in [-0.4, -0.2) is 4.98 Å². The number of hydrogen-bond donors (Lipinski definition) is 1. The maximum atomic E-state index is 13.8. The summed E-state index contributed by atoms with van der Waals surface area (Å²) in [5, 5.41) is 3.80. The van der Waals surface area contributed by atoms with Crippen LogP contribution in [0.2, 0.25) is 0 Å². The van der Waals surface area contributed by atoms with Crippen LogP contribution in [0.25, 0.3) is 10.2 Å². The molecule has 1 heterocycles. The zero-order chi connectivity index (χ0) is 15.0. The van der Waals surface area contributed by atoms with Crippen molar-refractivity contribution < 1.29 is 8.78 Å². The average Bonchev–Trinajstić information content (AvgIpc) is 2.88. The molecule has 1 unspecified atom stereocenters. The second-order valence-corrected chi connectivity index (χ2v) is 6.55. The van der Waals surface area contributed by atoms with Gasteiger partial charge in [-0.3, -0.25) is 0 Å². The third-order valence-electron chi connectivity index (χ3n) is 3.06. The molecule has 1 atom stereocenters. The van der Waals surface area contributed by atoms with Gasteiger partial charge in [-0.25, -0.2) is 13.8 Å². The molecule has 1 N–H and O–H groups in total. The van der Waals surface area contributed by atoms with Crippen molar-refractivity contribution in [3.8, 4) is 0 Å². The highest BCUT2D eigenvalue weighted by Gasteiger charge is 2.15. The van der Waals surface area contributed by atoms with Gasteiger partial charge in [-0.1, -0.05) is 12.1 Å². The van der Waals surface area contributed by atoms with Crippen molar-refractivity contribution in [2.45, 2.75) is 13.0 Å². The highest BCUT2D eigenvalue weighted by atomic mass is 79.9. The number of fused-ring (bicyclic) bond motifs is 1. The average molecular weight is 369 g/mol. The molecule has 108 valence electrons. The molecule has 0 saturated carbocycles. The molecule has 2 aromatic carbocycles. The number of thiazole rings is 1. The molecular formula is C15H11BrF2N2S. The van der Waals surface area contributed by atoms with Gasteiger partial charge in [0.1, 0.15) is 16.6 Å². The van der Waals surface area contributed by atoms with Crippen molar-refractivity contribution in [3.05, 3.63) is 57.5 Å². The number of nitrogens with zero attached hydrogens (tertiary/aromatic N) is 1. The Morgan fingerprint density at radius 3 is 2.71 bits per heavy atom. The Kier molecular flexibility index (Phi) is 3.91. The first-order valence-electron chi connectivity index (χ1n) is 6.31. The summed E-state index contributed by atoms with van der Waals surface area (Å²) >= 11 is 4.50. The molecule has 0 aliphatic heterocycles. The Labute approximate surface area is 133 Å². The predicted octanol–water partition coefficient (Wildman–Crippen LogP) is 5.51. The van der Waals surface area contributed by atoms with E-state index in [1.807, 2.05) is 31.2 Å². The van der Waals surface area contributed by atoms with E-state index in [2.05, 4.69) is 26.2 Å². The van der Waals surface area contributed by atoms with E-state index in [0.29, 0.717) is 0 Å². The van der Waals surface area contributed by atoms with E-state index in [1.54, 1.807) is 0 Å². The summed E-state index contributed by atoms with van der Waals surface area (Å²) in [4.78, 5) is 4.51. The molecule has 21 heavy (non-hydrogen) atoms. The third kappa shape index (κ3) is 2.91. The predicted molar refractivity (Wildman–Crippen MR) is 85.7 cm³/mol. The van der Waals surface area contributed by atoms with E-state index in [4.69, 9.17) is 0 Å². The van der Waals surface area contributed by atoms with Gasteiger partial charge in [-0.05, 0) is 41.1 Å². The minimum atomic E-state index is -0.504. The molecule has 0 fully saturated rings. The normalized spacial score (nSPS) is 12.6. The number of para-hydroxylation sites is 1. The zero-order valence-corrected chi connectivity index (χ0v) is 13.4. The maximum absolute atomic E-state index is 13.8. The van der Waals surface area contributed by atoms with Crippen LogP contribution in [0.4, 0.5) is 14.5 Å². The fraction of sp³-hybridized carbons (Fsp3) is 0.133. The molecule has 0 radical (unpaired) electrons. The summed E-state index contributed by atoms with van der Waals surface area (Å²) in [5.41, 5.74) is 1.04. The van der Waals surface area contributed by atoms with Gasteiger partial charge < -0.3 is 5.32 Å². The number of rotatable bonds is 3. The first-order chi connectivity index (χ1) is 10.0. The summed E-state index contributed by atoms with van der Waals surface area (Å²) in [6.07, 6.45) is 0. The monoisotopic (exact) mass is 368 g/mol. The summed E-state index contributed by atoms with van der Waals surface area (Å²) in [7, 11) is 0. The van der Waals surface area contributed by atoms with Crippen LogP contribution in [0, 0.1) is 11.6 Å². The van der Waals surface area contributed by atoms with Crippen LogP contribution < -0.4 is 5.32 Å². The fourth-order valence-corrected chi connectivity index (χ4v) is 3.29. The Morgan fingerprint density at radius 1 is 1.19 bits per heavy atom. The molecule has 0 bridgehead atoms. The lowest BCUT2D eigenvalue weighted by atomic mass is 10.2. The number of benzene rings is 2. The summed E-state index contributed by atoms with van der Waals surface area (Å²) < 4.78 is 28.5. The summed E-state index contributed by atoms with van der Waals surface area (Å²) in [6, 6.07) is 9.84. The maximum Gasteiger partial charge on any atom is 0.147 e. The van der Waals surface area contributed by atoms with Crippen molar-refractivity contribution in [1.29, 1.82) is 0 Å². The first kappa shape index (κ1) is 14.4. The van der Waals surface area contributed by atoms with Crippen molar-refractivity contribution in [3.63, 3.8) is 0 Å². The lowest BCUT2D eigenvalue weighted by Gasteiger charge is -2.13. The highest BCUT2D eigenvalue weighted by molar-refractivity contribution is 9.10. The SMILES string of the molecule is CC(Nc1cc(F)c(Br)cc1F)c1nc2ccccc2s1. The number of anilines is 1. The van der Waals surface area contributed by atoms with Crippen LogP contribution in [0.5, 0.6) is 0 Å². The fourth-order valence-electron chi connectivity index (χ4n) is 2.00. The minimum absolute atomic E-state index is 0.109. The summed E-state index contributed by atoms with van der Waals surface area (Å²) in [6.45, 7) is 1.87. The van der Waals surface area contributed by atoms with E-state index in [0.717, 1.165) is 27.4 Å². The Balaban J connectivity index is 1.89. The molecule has 3 aromatic rings. The third-order valence-corrected chi connectivity index (χ3v) is 4.89. The quantitative estimate of drug-likeness (QED) is 0.616. The van der Waals surface area contributed by atoms with Gasteiger partial charge in [-0.15, -0.1) is 11.3 Å². The lowest BCUT2D eigenvalue weighted by Crippen LogP contribution is -2.08. The smallest absolute Gasteiger partial charge is 0.147 e. The standard InChI is InChI=1S/C15H11BrF2N2S/c1-8(15-20-12-4-2-3-5-14(12)21-15)19-13-7-10(17)9(16)6-11(13)18/h2-8,19H,1H3. The van der Waals surface area contributed by atoms with Crippen LogP contribution in [0.1, 0.15) is 18.0 Å². The molecule has 0 aliphatic carbocycles.